The van der Waals surface area contributed by atoms with E-state index in [-0.39, 0.29) is 0 Å². The molecule has 4 nitrogen and oxygen atoms in total. The molecule has 0 amide bonds. The van der Waals surface area contributed by atoms with Gasteiger partial charge in [0, 0.05) is 30.7 Å². The fourth-order valence-corrected chi connectivity index (χ4v) is 2.55. The lowest BCUT2D eigenvalue weighted by Crippen LogP contribution is -2.06. The molecule has 0 aliphatic rings. The van der Waals surface area contributed by atoms with Crippen molar-refractivity contribution in [3.63, 3.8) is 0 Å². The zero-order valence-electron chi connectivity index (χ0n) is 12.3. The van der Waals surface area contributed by atoms with Crippen molar-refractivity contribution < 1.29 is 5.11 Å². The predicted molar refractivity (Wildman–Crippen MR) is 83.0 cm³/mol. The van der Waals surface area contributed by atoms with Gasteiger partial charge in [-0.3, -0.25) is 9.67 Å². The summed E-state index contributed by atoms with van der Waals surface area (Å²) in [6.07, 6.45) is 2.72. The van der Waals surface area contributed by atoms with Gasteiger partial charge in [-0.05, 0) is 36.2 Å². The largest absolute Gasteiger partial charge is 0.388 e. The quantitative estimate of drug-likeness (QED) is 0.800. The van der Waals surface area contributed by atoms with Crippen LogP contribution in [0.2, 0.25) is 0 Å². The summed E-state index contributed by atoms with van der Waals surface area (Å²) >= 11 is 0. The highest BCUT2D eigenvalue weighted by molar-refractivity contribution is 5.79. The van der Waals surface area contributed by atoms with Gasteiger partial charge >= 0.3 is 0 Å². The van der Waals surface area contributed by atoms with Crippen LogP contribution in [0.5, 0.6) is 0 Å². The summed E-state index contributed by atoms with van der Waals surface area (Å²) in [6.45, 7) is 2.08. The first-order chi connectivity index (χ1) is 10.2. The molecule has 0 fully saturated rings. The molecule has 0 spiro atoms. The van der Waals surface area contributed by atoms with Gasteiger partial charge in [0.2, 0.25) is 0 Å². The maximum absolute atomic E-state index is 10.5. The third-order valence-electron chi connectivity index (χ3n) is 3.80. The van der Waals surface area contributed by atoms with Crippen LogP contribution in [0.25, 0.3) is 10.9 Å². The van der Waals surface area contributed by atoms with Gasteiger partial charge in [0.25, 0.3) is 0 Å². The lowest BCUT2D eigenvalue weighted by atomic mass is 10.0. The van der Waals surface area contributed by atoms with Crippen molar-refractivity contribution in [2.45, 2.75) is 25.9 Å². The van der Waals surface area contributed by atoms with Gasteiger partial charge in [-0.2, -0.15) is 5.10 Å². The Morgan fingerprint density at radius 3 is 2.86 bits per heavy atom. The van der Waals surface area contributed by atoms with Crippen LogP contribution in [0.3, 0.4) is 0 Å². The van der Waals surface area contributed by atoms with Gasteiger partial charge < -0.3 is 5.11 Å². The zero-order chi connectivity index (χ0) is 14.8. The van der Waals surface area contributed by atoms with Crippen molar-refractivity contribution in [2.24, 2.45) is 7.05 Å². The van der Waals surface area contributed by atoms with Gasteiger partial charge in [-0.1, -0.05) is 19.1 Å². The van der Waals surface area contributed by atoms with Crippen molar-refractivity contribution in [2.75, 3.05) is 0 Å². The first-order valence-corrected chi connectivity index (χ1v) is 7.22. The Bertz CT molecular complexity index is 764. The molecule has 3 rings (SSSR count). The Morgan fingerprint density at radius 2 is 2.10 bits per heavy atom. The van der Waals surface area contributed by atoms with Gasteiger partial charge in [0.05, 0.1) is 17.3 Å². The molecule has 0 aliphatic carbocycles. The van der Waals surface area contributed by atoms with Crippen LogP contribution in [0.1, 0.15) is 30.0 Å². The Kier molecular flexibility index (Phi) is 3.71. The number of aliphatic hydroxyl groups is 1. The number of aromatic nitrogens is 3. The summed E-state index contributed by atoms with van der Waals surface area (Å²) in [5.74, 6) is 0. The molecule has 0 saturated carbocycles. The van der Waals surface area contributed by atoms with Crippen LogP contribution < -0.4 is 0 Å². The summed E-state index contributed by atoms with van der Waals surface area (Å²) in [6, 6.07) is 11.9. The van der Waals surface area contributed by atoms with Crippen LogP contribution in [0, 0.1) is 0 Å². The van der Waals surface area contributed by atoms with Gasteiger partial charge in [0.15, 0.2) is 0 Å². The number of pyridine rings is 1. The maximum atomic E-state index is 10.5. The van der Waals surface area contributed by atoms with E-state index in [9.17, 15) is 5.11 Å². The Balaban J connectivity index is 1.85. The van der Waals surface area contributed by atoms with Crippen LogP contribution in [0.15, 0.2) is 42.6 Å². The first-order valence-electron chi connectivity index (χ1n) is 7.22. The zero-order valence-corrected chi connectivity index (χ0v) is 12.3. The molecular formula is C17H19N3O. The molecule has 4 heteroatoms. The minimum atomic E-state index is -0.533. The second-order valence-electron chi connectivity index (χ2n) is 5.28. The molecule has 1 atom stereocenters. The minimum Gasteiger partial charge on any atom is -0.388 e. The molecular weight excluding hydrogens is 262 g/mol. The van der Waals surface area contributed by atoms with E-state index in [4.69, 9.17) is 0 Å². The average molecular weight is 281 g/mol. The fourth-order valence-electron chi connectivity index (χ4n) is 2.55. The second kappa shape index (κ2) is 5.66. The monoisotopic (exact) mass is 281 g/mol. The van der Waals surface area contributed by atoms with E-state index in [1.165, 1.54) is 0 Å². The summed E-state index contributed by atoms with van der Waals surface area (Å²) in [7, 11) is 1.92. The highest BCUT2D eigenvalue weighted by atomic mass is 16.3. The number of hydrogen-bond acceptors (Lipinski definition) is 3. The number of fused-ring (bicyclic) bond motifs is 1. The van der Waals surface area contributed by atoms with E-state index in [0.29, 0.717) is 6.42 Å². The van der Waals surface area contributed by atoms with Crippen molar-refractivity contribution in [3.05, 3.63) is 59.5 Å². The molecule has 0 aliphatic heterocycles. The maximum Gasteiger partial charge on any atom is 0.0845 e. The predicted octanol–water partition coefficient (Wildman–Crippen LogP) is 2.81. The van der Waals surface area contributed by atoms with E-state index in [1.807, 2.05) is 42.1 Å². The van der Waals surface area contributed by atoms with Crippen LogP contribution >= 0.6 is 0 Å². The van der Waals surface area contributed by atoms with Crippen molar-refractivity contribution in [1.82, 2.24) is 14.8 Å². The molecule has 21 heavy (non-hydrogen) atoms. The van der Waals surface area contributed by atoms with Crippen molar-refractivity contribution in [1.29, 1.82) is 0 Å². The molecule has 1 aromatic carbocycles. The number of nitrogens with zero attached hydrogens (tertiary/aromatic N) is 3. The molecule has 108 valence electrons. The first kappa shape index (κ1) is 13.8. The molecule has 3 aromatic rings. The molecule has 0 radical (unpaired) electrons. The average Bonchev–Trinajstić information content (AvgIpc) is 2.87. The van der Waals surface area contributed by atoms with Crippen molar-refractivity contribution in [3.8, 4) is 0 Å². The van der Waals surface area contributed by atoms with Crippen molar-refractivity contribution >= 4 is 10.9 Å². The number of aryl methyl sites for hydroxylation is 2. The number of aliphatic hydroxyl groups excluding tert-OH is 1. The minimum absolute atomic E-state index is 0.533. The van der Waals surface area contributed by atoms with E-state index in [0.717, 1.165) is 34.3 Å². The Hall–Kier alpha value is -2.20. The Labute approximate surface area is 124 Å². The molecule has 2 aromatic heterocycles. The third kappa shape index (κ3) is 2.81. The second-order valence-corrected chi connectivity index (χ2v) is 5.28. The van der Waals surface area contributed by atoms with E-state index in [2.05, 4.69) is 23.1 Å². The summed E-state index contributed by atoms with van der Waals surface area (Å²) in [5, 5.41) is 15.9. The lowest BCUT2D eigenvalue weighted by Gasteiger charge is -2.12. The highest BCUT2D eigenvalue weighted by Gasteiger charge is 2.13. The Morgan fingerprint density at radius 1 is 1.24 bits per heavy atom. The van der Waals surface area contributed by atoms with E-state index in [1.54, 1.807) is 6.20 Å². The van der Waals surface area contributed by atoms with E-state index < -0.39 is 6.10 Å². The SMILES string of the molecule is CCc1cc(CC(O)c2ccc3ncccc3c2)n(C)n1. The topological polar surface area (TPSA) is 50.9 Å². The van der Waals surface area contributed by atoms with Crippen LogP contribution in [-0.2, 0) is 19.9 Å². The van der Waals surface area contributed by atoms with Crippen LogP contribution in [0.4, 0.5) is 0 Å². The number of hydrogen-bond donors (Lipinski definition) is 1. The molecule has 0 bridgehead atoms. The summed E-state index contributed by atoms with van der Waals surface area (Å²) in [4.78, 5) is 4.30. The van der Waals surface area contributed by atoms with E-state index >= 15 is 0 Å². The summed E-state index contributed by atoms with van der Waals surface area (Å²) in [5.41, 5.74) is 3.96. The lowest BCUT2D eigenvalue weighted by molar-refractivity contribution is 0.176. The van der Waals surface area contributed by atoms with Gasteiger partial charge in [0.1, 0.15) is 0 Å². The molecule has 1 unspecified atom stereocenters. The fraction of sp³-hybridized carbons (Fsp3) is 0.294. The van der Waals surface area contributed by atoms with Crippen LogP contribution in [-0.4, -0.2) is 19.9 Å². The smallest absolute Gasteiger partial charge is 0.0845 e. The molecule has 2 heterocycles. The third-order valence-corrected chi connectivity index (χ3v) is 3.80. The summed E-state index contributed by atoms with van der Waals surface area (Å²) < 4.78 is 1.85. The molecule has 0 saturated heterocycles. The highest BCUT2D eigenvalue weighted by Crippen LogP contribution is 2.22. The van der Waals surface area contributed by atoms with Gasteiger partial charge in [-0.25, -0.2) is 0 Å². The molecule has 1 N–H and O–H groups in total. The number of benzene rings is 1. The van der Waals surface area contributed by atoms with Gasteiger partial charge in [-0.15, -0.1) is 0 Å². The standard InChI is InChI=1S/C17H19N3O/c1-3-14-10-15(20(2)19-14)11-17(21)13-6-7-16-12(9-13)5-4-8-18-16/h4-10,17,21H,3,11H2,1-2H3. The number of rotatable bonds is 4. The normalized spacial score (nSPS) is 12.7.